The van der Waals surface area contributed by atoms with Gasteiger partial charge in [0.2, 0.25) is 5.43 Å². The van der Waals surface area contributed by atoms with Crippen LogP contribution < -0.4 is 15.5 Å². The fraction of sp³-hybridized carbons (Fsp3) is 0.480. The van der Waals surface area contributed by atoms with Gasteiger partial charge in [0.1, 0.15) is 11.4 Å². The van der Waals surface area contributed by atoms with Crippen LogP contribution in [0.3, 0.4) is 0 Å². The lowest BCUT2D eigenvalue weighted by atomic mass is 10.1. The van der Waals surface area contributed by atoms with Crippen molar-refractivity contribution in [1.29, 1.82) is 0 Å². The van der Waals surface area contributed by atoms with Gasteiger partial charge in [-0.05, 0) is 32.3 Å². The van der Waals surface area contributed by atoms with Crippen molar-refractivity contribution in [2.24, 2.45) is 0 Å². The number of carbonyl (C=O) groups excluding carboxylic acids is 2. The van der Waals surface area contributed by atoms with E-state index in [9.17, 15) is 18.8 Å². The number of amides is 2. The molecule has 2 amide bonds. The summed E-state index contributed by atoms with van der Waals surface area (Å²) in [6, 6.07) is 4.19. The minimum atomic E-state index is -0.642. The predicted molar refractivity (Wildman–Crippen MR) is 126 cm³/mol. The van der Waals surface area contributed by atoms with Gasteiger partial charge in [0, 0.05) is 17.8 Å². The topological polar surface area (TPSA) is 89.9 Å². The Hall–Kier alpha value is -2.91. The van der Waals surface area contributed by atoms with E-state index < -0.39 is 23.4 Å². The molecule has 10 heteroatoms. The largest absolute Gasteiger partial charge is 0.487 e. The Labute approximate surface area is 206 Å². The lowest BCUT2D eigenvalue weighted by Gasteiger charge is -2.38. The number of hydrogen-bond acceptors (Lipinski definition) is 5. The summed E-state index contributed by atoms with van der Waals surface area (Å²) in [5.74, 6) is -1.69. The third-order valence-corrected chi connectivity index (χ3v) is 7.23. The molecule has 3 aliphatic heterocycles. The number of nitrogens with zero attached hydrogens (tertiary/aromatic N) is 2. The van der Waals surface area contributed by atoms with Crippen molar-refractivity contribution >= 4 is 23.4 Å². The zero-order valence-electron chi connectivity index (χ0n) is 19.6. The van der Waals surface area contributed by atoms with Crippen LogP contribution in [0.4, 0.5) is 4.39 Å². The highest BCUT2D eigenvalue weighted by Gasteiger charge is 2.51. The van der Waals surface area contributed by atoms with Gasteiger partial charge in [-0.15, -0.1) is 0 Å². The molecule has 0 aliphatic carbocycles. The summed E-state index contributed by atoms with van der Waals surface area (Å²) in [5.41, 5.74) is 0.189. The van der Waals surface area contributed by atoms with Crippen molar-refractivity contribution in [1.82, 2.24) is 14.8 Å². The average Bonchev–Trinajstić information content (AvgIpc) is 3.43. The van der Waals surface area contributed by atoms with Gasteiger partial charge in [-0.3, -0.25) is 14.4 Å². The van der Waals surface area contributed by atoms with E-state index in [0.717, 1.165) is 6.42 Å². The molecule has 5 rings (SSSR count). The molecule has 1 aromatic heterocycles. The summed E-state index contributed by atoms with van der Waals surface area (Å²) >= 11 is 5.85. The SMILES string of the molecule is CCCCOc1c2n3c(c(C(=O)NCc4cccc(Cl)c4F)c1=O)CCC3C1OC[C@@H](C)N1C2=O. The van der Waals surface area contributed by atoms with Gasteiger partial charge in [0.05, 0.1) is 30.3 Å². The molecule has 35 heavy (non-hydrogen) atoms. The molecule has 1 aromatic carbocycles. The van der Waals surface area contributed by atoms with E-state index in [-0.39, 0.29) is 58.7 Å². The number of carbonyl (C=O) groups is 2. The molecule has 4 heterocycles. The summed E-state index contributed by atoms with van der Waals surface area (Å²) in [6.45, 7) is 4.42. The maximum Gasteiger partial charge on any atom is 0.276 e. The first kappa shape index (κ1) is 23.8. The number of nitrogens with one attached hydrogen (secondary N) is 1. The van der Waals surface area contributed by atoms with Crippen molar-refractivity contribution in [3.8, 4) is 5.75 Å². The number of fused-ring (bicyclic) bond motifs is 2. The summed E-state index contributed by atoms with van der Waals surface area (Å²) in [5, 5.41) is 2.60. The van der Waals surface area contributed by atoms with E-state index in [1.54, 1.807) is 15.5 Å². The highest BCUT2D eigenvalue weighted by molar-refractivity contribution is 6.30. The van der Waals surface area contributed by atoms with Gasteiger partial charge >= 0.3 is 0 Å². The monoisotopic (exact) mass is 503 g/mol. The molecule has 2 aromatic rings. The Balaban J connectivity index is 1.57. The maximum absolute atomic E-state index is 14.3. The van der Waals surface area contributed by atoms with Gasteiger partial charge in [0.25, 0.3) is 11.8 Å². The van der Waals surface area contributed by atoms with Crippen molar-refractivity contribution in [3.05, 3.63) is 61.8 Å². The first-order chi connectivity index (χ1) is 16.8. The number of rotatable bonds is 7. The summed E-state index contributed by atoms with van der Waals surface area (Å²) in [4.78, 5) is 42.2. The van der Waals surface area contributed by atoms with Crippen LogP contribution in [-0.4, -0.2) is 46.8 Å². The van der Waals surface area contributed by atoms with Gasteiger partial charge in [-0.25, -0.2) is 4.39 Å². The lowest BCUT2D eigenvalue weighted by molar-refractivity contribution is -0.0146. The second-order valence-corrected chi connectivity index (χ2v) is 9.59. The van der Waals surface area contributed by atoms with Crippen LogP contribution in [0, 0.1) is 5.82 Å². The van der Waals surface area contributed by atoms with E-state index >= 15 is 0 Å². The fourth-order valence-electron chi connectivity index (χ4n) is 5.23. The predicted octanol–water partition coefficient (Wildman–Crippen LogP) is 3.44. The molecule has 186 valence electrons. The molecule has 3 atom stereocenters. The van der Waals surface area contributed by atoms with Crippen LogP contribution in [0.1, 0.15) is 71.3 Å². The molecular weight excluding hydrogens is 477 g/mol. The van der Waals surface area contributed by atoms with Crippen LogP contribution in [0.5, 0.6) is 5.75 Å². The van der Waals surface area contributed by atoms with E-state index in [2.05, 4.69) is 5.32 Å². The van der Waals surface area contributed by atoms with Gasteiger partial charge in [0.15, 0.2) is 17.7 Å². The van der Waals surface area contributed by atoms with E-state index in [0.29, 0.717) is 31.6 Å². The first-order valence-corrected chi connectivity index (χ1v) is 12.3. The minimum absolute atomic E-state index is 0.0486. The molecule has 1 N–H and O–H groups in total. The normalized spacial score (nSPS) is 22.2. The van der Waals surface area contributed by atoms with E-state index in [1.165, 1.54) is 12.1 Å². The summed E-state index contributed by atoms with van der Waals surface area (Å²) in [6.07, 6.45) is 2.14. The van der Waals surface area contributed by atoms with E-state index in [4.69, 9.17) is 21.1 Å². The molecule has 2 unspecified atom stereocenters. The minimum Gasteiger partial charge on any atom is -0.487 e. The number of pyridine rings is 1. The molecule has 1 fully saturated rings. The number of halogens is 2. The van der Waals surface area contributed by atoms with E-state index in [1.807, 2.05) is 13.8 Å². The number of hydrogen-bond donors (Lipinski definition) is 1. The zero-order chi connectivity index (χ0) is 24.9. The van der Waals surface area contributed by atoms with Gasteiger partial charge < -0.3 is 24.3 Å². The van der Waals surface area contributed by atoms with Gasteiger partial charge in [-0.2, -0.15) is 0 Å². The molecule has 1 saturated heterocycles. The fourth-order valence-corrected chi connectivity index (χ4v) is 5.43. The lowest BCUT2D eigenvalue weighted by Crippen LogP contribution is -2.51. The molecule has 0 spiro atoms. The number of ether oxygens (including phenoxy) is 2. The maximum atomic E-state index is 14.3. The Morgan fingerprint density at radius 2 is 2.14 bits per heavy atom. The van der Waals surface area contributed by atoms with Crippen molar-refractivity contribution < 1.29 is 23.5 Å². The smallest absolute Gasteiger partial charge is 0.276 e. The van der Waals surface area contributed by atoms with Crippen molar-refractivity contribution in [3.63, 3.8) is 0 Å². The Morgan fingerprint density at radius 3 is 2.91 bits per heavy atom. The Bertz CT molecular complexity index is 1260. The molecule has 0 radical (unpaired) electrons. The number of unbranched alkanes of at least 4 members (excludes halogenated alkanes) is 1. The molecular formula is C25H27ClFN3O5. The van der Waals surface area contributed by atoms with Crippen LogP contribution in [0.25, 0.3) is 0 Å². The highest BCUT2D eigenvalue weighted by Crippen LogP contribution is 2.43. The standard InChI is InChI=1S/C25H27ClFN3O5/c1-3-4-10-34-22-20-24(33)29-13(2)12-35-25(29)17-9-8-16(30(17)20)18(21(22)31)23(32)28-11-14-6-5-7-15(26)19(14)27/h5-7,13,17,25H,3-4,8-12H2,1-2H3,(H,28,32)/t13-,17?,25?/m1/s1. The van der Waals surface area contributed by atoms with Gasteiger partial charge in [-0.1, -0.05) is 37.1 Å². The van der Waals surface area contributed by atoms with Crippen molar-refractivity contribution in [2.75, 3.05) is 13.2 Å². The quantitative estimate of drug-likeness (QED) is 0.585. The third kappa shape index (κ3) is 3.81. The summed E-state index contributed by atoms with van der Waals surface area (Å²) in [7, 11) is 0. The molecule has 0 saturated carbocycles. The molecule has 8 nitrogen and oxygen atoms in total. The van der Waals surface area contributed by atoms with Crippen LogP contribution in [-0.2, 0) is 17.7 Å². The summed E-state index contributed by atoms with van der Waals surface area (Å²) < 4.78 is 27.9. The Morgan fingerprint density at radius 1 is 1.34 bits per heavy atom. The van der Waals surface area contributed by atoms with Crippen molar-refractivity contribution in [2.45, 2.75) is 64.4 Å². The first-order valence-electron chi connectivity index (χ1n) is 11.9. The zero-order valence-corrected chi connectivity index (χ0v) is 20.4. The third-order valence-electron chi connectivity index (χ3n) is 6.94. The number of aromatic nitrogens is 1. The Kier molecular flexibility index (Phi) is 6.31. The average molecular weight is 504 g/mol. The highest BCUT2D eigenvalue weighted by atomic mass is 35.5. The van der Waals surface area contributed by atoms with Crippen LogP contribution in [0.2, 0.25) is 5.02 Å². The molecule has 3 aliphatic rings. The van der Waals surface area contributed by atoms with Crippen LogP contribution >= 0.6 is 11.6 Å². The second-order valence-electron chi connectivity index (χ2n) is 9.19. The van der Waals surface area contributed by atoms with Crippen LogP contribution in [0.15, 0.2) is 23.0 Å². The second kappa shape index (κ2) is 9.28. The molecule has 0 bridgehead atoms. The number of benzene rings is 1.